The van der Waals surface area contributed by atoms with Crippen LogP contribution in [0.25, 0.3) is 0 Å². The normalized spacial score (nSPS) is 13.1. The third-order valence-corrected chi connectivity index (χ3v) is 16.3. The van der Waals surface area contributed by atoms with Crippen molar-refractivity contribution in [2.45, 2.75) is 92.9 Å². The Hall–Kier alpha value is 0.194. The van der Waals surface area contributed by atoms with Crippen molar-refractivity contribution < 1.29 is 13.3 Å². The van der Waals surface area contributed by atoms with Crippen LogP contribution >= 0.6 is 0 Å². The molecule has 0 spiro atoms. The second kappa shape index (κ2) is 19.4. The minimum Gasteiger partial charge on any atom is -0.374 e. The molecule has 0 heterocycles. The van der Waals surface area contributed by atoms with Crippen molar-refractivity contribution >= 4 is 17.0 Å². The van der Waals surface area contributed by atoms with Crippen LogP contribution in [0.3, 0.4) is 0 Å². The summed E-state index contributed by atoms with van der Waals surface area (Å²) in [5.41, 5.74) is 0. The second-order valence-corrected chi connectivity index (χ2v) is 16.8. The monoisotopic (exact) mass is 505 g/mol. The predicted molar refractivity (Wildman–Crippen MR) is 149 cm³/mol. The molecule has 200 valence electrons. The van der Waals surface area contributed by atoms with Gasteiger partial charge in [-0.05, 0) is 71.5 Å². The van der Waals surface area contributed by atoms with Crippen molar-refractivity contribution in [2.75, 3.05) is 72.2 Å². The molecule has 0 amide bonds. The first-order chi connectivity index (χ1) is 15.9. The first-order valence-corrected chi connectivity index (χ1v) is 18.5. The number of hydrogen-bond acceptors (Lipinski definition) is 6. The first-order valence-electron chi connectivity index (χ1n) is 14.0. The van der Waals surface area contributed by atoms with Gasteiger partial charge in [-0.15, -0.1) is 0 Å². The second-order valence-electron chi connectivity index (χ2n) is 8.82. The highest BCUT2D eigenvalue weighted by Gasteiger charge is 2.40. The summed E-state index contributed by atoms with van der Waals surface area (Å²) in [6.07, 6.45) is 1.07. The molecule has 0 aliphatic carbocycles. The van der Waals surface area contributed by atoms with Crippen molar-refractivity contribution in [3.05, 3.63) is 0 Å². The number of likely N-dealkylation sites (N-methyl/N-ethyl adjacent to an activating group) is 2. The van der Waals surface area contributed by atoms with Crippen LogP contribution in [0.15, 0.2) is 0 Å². The Morgan fingerprint density at radius 3 is 1.30 bits per heavy atom. The van der Waals surface area contributed by atoms with E-state index in [1.807, 2.05) is 20.8 Å². The lowest BCUT2D eigenvalue weighted by Gasteiger charge is -2.43. The van der Waals surface area contributed by atoms with Gasteiger partial charge in [-0.2, -0.15) is 0 Å². The molecule has 0 aliphatic heterocycles. The summed E-state index contributed by atoms with van der Waals surface area (Å²) < 4.78 is 21.1. The molecule has 6 nitrogen and oxygen atoms in total. The molecule has 0 saturated heterocycles. The molecule has 0 aliphatic rings. The number of nitrogens with zero attached hydrogens (tertiary/aromatic N) is 3. The molecule has 0 N–H and O–H groups in total. The molecule has 0 bridgehead atoms. The first kappa shape index (κ1) is 33.2. The average molecular weight is 506 g/mol. The lowest BCUT2D eigenvalue weighted by Crippen LogP contribution is -2.56. The quantitative estimate of drug-likeness (QED) is 0.173. The van der Waals surface area contributed by atoms with E-state index in [1.165, 1.54) is 37.8 Å². The van der Waals surface area contributed by atoms with E-state index in [4.69, 9.17) is 13.3 Å². The summed E-state index contributed by atoms with van der Waals surface area (Å²) >= 11 is 0. The fourth-order valence-corrected chi connectivity index (χ4v) is 11.6. The minimum absolute atomic E-state index is 0.656. The van der Waals surface area contributed by atoms with Gasteiger partial charge in [-0.25, -0.2) is 0 Å². The van der Waals surface area contributed by atoms with E-state index >= 15 is 0 Å². The van der Waals surface area contributed by atoms with E-state index in [0.717, 1.165) is 45.2 Å². The van der Waals surface area contributed by atoms with Gasteiger partial charge in [0.1, 0.15) is 8.24 Å². The standard InChI is InChI=1S/C25H59N3O3Si2/c1-10-26(11-2)21-23-28(32(16-7,17-8)18-9)24-22-27(12-3)20-19-25-33(29-13-4,30-14-5)31-15-6/h10-25H2,1-9H3. The molecule has 0 fully saturated rings. The lowest BCUT2D eigenvalue weighted by atomic mass is 10.4. The SMILES string of the molecule is CCO[Si](CCCN(CC)CCN(CCN(CC)CC)[Si](CC)(CC)CC)(OCC)OCC. The van der Waals surface area contributed by atoms with Gasteiger partial charge in [0.25, 0.3) is 0 Å². The molecule has 0 aromatic carbocycles. The van der Waals surface area contributed by atoms with Gasteiger partial charge in [0.2, 0.25) is 0 Å². The Morgan fingerprint density at radius 1 is 0.515 bits per heavy atom. The summed E-state index contributed by atoms with van der Waals surface area (Å²) in [6.45, 7) is 31.5. The van der Waals surface area contributed by atoms with Gasteiger partial charge in [0.05, 0.1) is 0 Å². The third-order valence-electron chi connectivity index (χ3n) is 7.41. The Balaban J connectivity index is 5.10. The molecule has 0 atom stereocenters. The number of hydrogen-bond donors (Lipinski definition) is 0. The van der Waals surface area contributed by atoms with Crippen LogP contribution in [0.5, 0.6) is 0 Å². The zero-order valence-electron chi connectivity index (χ0n) is 23.9. The van der Waals surface area contributed by atoms with E-state index in [0.29, 0.717) is 19.8 Å². The van der Waals surface area contributed by atoms with Crippen molar-refractivity contribution in [1.82, 2.24) is 14.4 Å². The molecule has 0 rings (SSSR count). The van der Waals surface area contributed by atoms with Gasteiger partial charge in [-0.1, -0.05) is 41.5 Å². The fourth-order valence-electron chi connectivity index (χ4n) is 5.02. The van der Waals surface area contributed by atoms with Crippen molar-refractivity contribution in [1.29, 1.82) is 0 Å². The molecule has 0 saturated carbocycles. The summed E-state index contributed by atoms with van der Waals surface area (Å²) in [4.78, 5) is 5.19. The zero-order valence-corrected chi connectivity index (χ0v) is 25.9. The number of rotatable bonds is 23. The largest absolute Gasteiger partial charge is 0.500 e. The highest BCUT2D eigenvalue weighted by molar-refractivity contribution is 6.77. The maximum atomic E-state index is 6.06. The van der Waals surface area contributed by atoms with Crippen LogP contribution in [-0.4, -0.2) is 104 Å². The summed E-state index contributed by atoms with van der Waals surface area (Å²) in [6, 6.07) is 4.98. The smallest absolute Gasteiger partial charge is 0.374 e. The Bertz CT molecular complexity index is 427. The van der Waals surface area contributed by atoms with Crippen molar-refractivity contribution in [2.24, 2.45) is 0 Å². The van der Waals surface area contributed by atoms with Crippen LogP contribution < -0.4 is 0 Å². The van der Waals surface area contributed by atoms with Crippen LogP contribution in [0.2, 0.25) is 24.2 Å². The van der Waals surface area contributed by atoms with Gasteiger partial charge in [0.15, 0.2) is 0 Å². The Kier molecular flexibility index (Phi) is 19.5. The topological polar surface area (TPSA) is 37.4 Å². The highest BCUT2D eigenvalue weighted by atomic mass is 28.4. The van der Waals surface area contributed by atoms with Crippen LogP contribution in [-0.2, 0) is 13.3 Å². The van der Waals surface area contributed by atoms with Gasteiger partial charge < -0.3 is 27.6 Å². The maximum Gasteiger partial charge on any atom is 0.500 e. The van der Waals surface area contributed by atoms with E-state index in [9.17, 15) is 0 Å². The van der Waals surface area contributed by atoms with Gasteiger partial charge in [0, 0.05) is 52.0 Å². The van der Waals surface area contributed by atoms with E-state index in [2.05, 4.69) is 55.9 Å². The van der Waals surface area contributed by atoms with E-state index < -0.39 is 17.0 Å². The summed E-state index contributed by atoms with van der Waals surface area (Å²) in [7, 11) is -3.92. The lowest BCUT2D eigenvalue weighted by molar-refractivity contribution is 0.0699. The molecule has 0 unspecified atom stereocenters. The molecule has 0 radical (unpaired) electrons. The van der Waals surface area contributed by atoms with Crippen LogP contribution in [0, 0.1) is 0 Å². The summed E-state index contributed by atoms with van der Waals surface area (Å²) in [5, 5.41) is 0. The van der Waals surface area contributed by atoms with Gasteiger partial charge >= 0.3 is 8.80 Å². The van der Waals surface area contributed by atoms with Crippen molar-refractivity contribution in [3.8, 4) is 0 Å². The third kappa shape index (κ3) is 11.6. The fraction of sp³-hybridized carbons (Fsp3) is 1.00. The molecular weight excluding hydrogens is 446 g/mol. The van der Waals surface area contributed by atoms with E-state index in [-0.39, 0.29) is 0 Å². The molecule has 33 heavy (non-hydrogen) atoms. The Labute approximate surface area is 209 Å². The van der Waals surface area contributed by atoms with Crippen molar-refractivity contribution in [3.63, 3.8) is 0 Å². The molecular formula is C25H59N3O3Si2. The minimum atomic E-state index is -2.54. The predicted octanol–water partition coefficient (Wildman–Crippen LogP) is 5.40. The Morgan fingerprint density at radius 2 is 0.939 bits per heavy atom. The van der Waals surface area contributed by atoms with Crippen LogP contribution in [0.1, 0.15) is 68.7 Å². The highest BCUT2D eigenvalue weighted by Crippen LogP contribution is 2.25. The van der Waals surface area contributed by atoms with Crippen LogP contribution in [0.4, 0.5) is 0 Å². The van der Waals surface area contributed by atoms with E-state index in [1.54, 1.807) is 0 Å². The maximum absolute atomic E-state index is 6.06. The van der Waals surface area contributed by atoms with Gasteiger partial charge in [-0.3, -0.25) is 0 Å². The summed E-state index contributed by atoms with van der Waals surface area (Å²) in [5.74, 6) is 0. The molecule has 8 heteroatoms. The average Bonchev–Trinajstić information content (AvgIpc) is 2.83. The zero-order chi connectivity index (χ0) is 25.2. The molecule has 0 aromatic rings. The molecule has 0 aromatic heterocycles.